The third kappa shape index (κ3) is 4.10. The van der Waals surface area contributed by atoms with E-state index in [2.05, 4.69) is 15.3 Å². The molecule has 0 unspecified atom stereocenters. The van der Waals surface area contributed by atoms with Gasteiger partial charge in [-0.05, 0) is 18.6 Å². The zero-order valence-electron chi connectivity index (χ0n) is 10.9. The van der Waals surface area contributed by atoms with Gasteiger partial charge in [-0.1, -0.05) is 6.92 Å². The maximum atomic E-state index is 5.81. The number of pyridine rings is 1. The molecule has 0 bridgehead atoms. The highest BCUT2D eigenvalue weighted by molar-refractivity contribution is 7.09. The average Bonchev–Trinajstić information content (AvgIpc) is 2.92. The molecule has 0 aliphatic rings. The van der Waals surface area contributed by atoms with Gasteiger partial charge in [-0.25, -0.2) is 4.98 Å². The van der Waals surface area contributed by atoms with Gasteiger partial charge in [0, 0.05) is 24.5 Å². The van der Waals surface area contributed by atoms with Crippen molar-refractivity contribution in [1.29, 1.82) is 0 Å². The minimum atomic E-state index is 0.501. The van der Waals surface area contributed by atoms with Crippen molar-refractivity contribution in [2.24, 2.45) is 0 Å². The van der Waals surface area contributed by atoms with Crippen LogP contribution in [0.25, 0.3) is 0 Å². The van der Waals surface area contributed by atoms with Crippen molar-refractivity contribution in [2.75, 3.05) is 24.2 Å². The molecule has 0 atom stereocenters. The van der Waals surface area contributed by atoms with Gasteiger partial charge in [-0.3, -0.25) is 0 Å². The van der Waals surface area contributed by atoms with E-state index in [1.165, 1.54) is 0 Å². The van der Waals surface area contributed by atoms with Crippen LogP contribution in [0.5, 0.6) is 5.88 Å². The number of nitrogen functional groups attached to an aromatic ring is 1. The monoisotopic (exact) mass is 278 g/mol. The van der Waals surface area contributed by atoms with Crippen LogP contribution in [0.2, 0.25) is 0 Å². The molecule has 0 aliphatic heterocycles. The SMILES string of the molecule is CCCOc1nc(NCCc2nccs2)ccc1N. The van der Waals surface area contributed by atoms with Gasteiger partial charge in [0.2, 0.25) is 5.88 Å². The summed E-state index contributed by atoms with van der Waals surface area (Å²) in [7, 11) is 0. The Labute approximate surface area is 116 Å². The molecule has 3 N–H and O–H groups in total. The first-order chi connectivity index (χ1) is 9.29. The van der Waals surface area contributed by atoms with Gasteiger partial charge >= 0.3 is 0 Å². The van der Waals surface area contributed by atoms with Crippen LogP contribution in [0, 0.1) is 0 Å². The van der Waals surface area contributed by atoms with Crippen molar-refractivity contribution < 1.29 is 4.74 Å². The number of nitrogens with two attached hydrogens (primary N) is 1. The zero-order chi connectivity index (χ0) is 13.5. The molecule has 0 aromatic carbocycles. The fraction of sp³-hybridized carbons (Fsp3) is 0.385. The lowest BCUT2D eigenvalue weighted by atomic mass is 10.3. The van der Waals surface area contributed by atoms with Crippen LogP contribution < -0.4 is 15.8 Å². The summed E-state index contributed by atoms with van der Waals surface area (Å²) in [6.07, 6.45) is 3.63. The maximum Gasteiger partial charge on any atom is 0.239 e. The Morgan fingerprint density at radius 3 is 3.05 bits per heavy atom. The summed E-state index contributed by atoms with van der Waals surface area (Å²) in [5.74, 6) is 1.28. The third-order valence-corrected chi connectivity index (χ3v) is 3.30. The van der Waals surface area contributed by atoms with Crippen molar-refractivity contribution in [2.45, 2.75) is 19.8 Å². The highest BCUT2D eigenvalue weighted by Gasteiger charge is 2.04. The highest BCUT2D eigenvalue weighted by Crippen LogP contribution is 2.21. The van der Waals surface area contributed by atoms with E-state index in [1.807, 2.05) is 30.6 Å². The van der Waals surface area contributed by atoms with Gasteiger partial charge in [0.05, 0.1) is 17.3 Å². The Hall–Kier alpha value is -1.82. The highest BCUT2D eigenvalue weighted by atomic mass is 32.1. The quantitative estimate of drug-likeness (QED) is 0.814. The Morgan fingerprint density at radius 2 is 2.32 bits per heavy atom. The molecule has 0 saturated heterocycles. The van der Waals surface area contributed by atoms with E-state index in [-0.39, 0.29) is 0 Å². The van der Waals surface area contributed by atoms with Crippen LogP contribution in [0.4, 0.5) is 11.5 Å². The fourth-order valence-corrected chi connectivity index (χ4v) is 2.16. The van der Waals surface area contributed by atoms with Crippen molar-refractivity contribution in [3.63, 3.8) is 0 Å². The first-order valence-corrected chi connectivity index (χ1v) is 7.19. The van der Waals surface area contributed by atoms with Gasteiger partial charge in [-0.15, -0.1) is 11.3 Å². The number of anilines is 2. The van der Waals surface area contributed by atoms with E-state index in [1.54, 1.807) is 11.3 Å². The van der Waals surface area contributed by atoms with E-state index >= 15 is 0 Å². The van der Waals surface area contributed by atoms with E-state index in [0.717, 1.165) is 30.2 Å². The van der Waals surface area contributed by atoms with Crippen molar-refractivity contribution in [1.82, 2.24) is 9.97 Å². The lowest BCUT2D eigenvalue weighted by Crippen LogP contribution is -2.08. The zero-order valence-corrected chi connectivity index (χ0v) is 11.7. The standard InChI is InChI=1S/C13H18N4OS/c1-2-8-18-13-10(14)3-4-11(17-13)15-6-5-12-16-7-9-19-12/h3-4,7,9H,2,5-6,8,14H2,1H3,(H,15,17). The number of ether oxygens (including phenoxy) is 1. The molecular formula is C13H18N4OS. The van der Waals surface area contributed by atoms with E-state index in [0.29, 0.717) is 18.2 Å². The maximum absolute atomic E-state index is 5.81. The number of nitrogens with one attached hydrogen (secondary N) is 1. The molecule has 2 aromatic rings. The van der Waals surface area contributed by atoms with Crippen LogP contribution in [0.3, 0.4) is 0 Å². The summed E-state index contributed by atoms with van der Waals surface area (Å²) in [6, 6.07) is 3.67. The molecule has 0 spiro atoms. The largest absolute Gasteiger partial charge is 0.476 e. The first-order valence-electron chi connectivity index (χ1n) is 6.31. The summed E-state index contributed by atoms with van der Waals surface area (Å²) in [5, 5.41) is 6.34. The molecule has 0 radical (unpaired) electrons. The summed E-state index contributed by atoms with van der Waals surface area (Å²) in [4.78, 5) is 8.59. The van der Waals surface area contributed by atoms with Gasteiger partial charge < -0.3 is 15.8 Å². The lowest BCUT2D eigenvalue weighted by molar-refractivity contribution is 0.307. The molecule has 102 valence electrons. The number of nitrogens with zero attached hydrogens (tertiary/aromatic N) is 2. The summed E-state index contributed by atoms with van der Waals surface area (Å²) in [6.45, 7) is 3.46. The van der Waals surface area contributed by atoms with E-state index in [4.69, 9.17) is 10.5 Å². The number of hydrogen-bond acceptors (Lipinski definition) is 6. The first kappa shape index (κ1) is 13.6. The van der Waals surface area contributed by atoms with Crippen LogP contribution in [0.15, 0.2) is 23.7 Å². The second-order valence-electron chi connectivity index (χ2n) is 4.04. The normalized spacial score (nSPS) is 10.4. The van der Waals surface area contributed by atoms with Gasteiger partial charge in [-0.2, -0.15) is 4.98 Å². The van der Waals surface area contributed by atoms with Crippen LogP contribution in [-0.4, -0.2) is 23.1 Å². The minimum absolute atomic E-state index is 0.501. The average molecular weight is 278 g/mol. The Bertz CT molecular complexity index is 501. The van der Waals surface area contributed by atoms with E-state index in [9.17, 15) is 0 Å². The molecule has 2 rings (SSSR count). The third-order valence-electron chi connectivity index (χ3n) is 2.46. The predicted octanol–water partition coefficient (Wildman–Crippen LogP) is 2.56. The number of rotatable bonds is 7. The number of hydrogen-bond donors (Lipinski definition) is 2. The van der Waals surface area contributed by atoms with Crippen LogP contribution in [0.1, 0.15) is 18.4 Å². The molecule has 0 saturated carbocycles. The molecule has 0 amide bonds. The molecule has 2 aromatic heterocycles. The molecular weight excluding hydrogens is 260 g/mol. The predicted molar refractivity (Wildman–Crippen MR) is 78.7 cm³/mol. The molecule has 2 heterocycles. The summed E-state index contributed by atoms with van der Waals surface area (Å²) >= 11 is 1.66. The Balaban J connectivity index is 1.89. The molecule has 5 nitrogen and oxygen atoms in total. The van der Waals surface area contributed by atoms with Crippen molar-refractivity contribution >= 4 is 22.8 Å². The smallest absolute Gasteiger partial charge is 0.239 e. The Kier molecular flexibility index (Phi) is 4.97. The lowest BCUT2D eigenvalue weighted by Gasteiger charge is -2.09. The van der Waals surface area contributed by atoms with Gasteiger partial charge in [0.1, 0.15) is 5.82 Å². The van der Waals surface area contributed by atoms with Crippen LogP contribution in [-0.2, 0) is 6.42 Å². The minimum Gasteiger partial charge on any atom is -0.476 e. The van der Waals surface area contributed by atoms with Crippen LogP contribution >= 0.6 is 11.3 Å². The number of aromatic nitrogens is 2. The second-order valence-corrected chi connectivity index (χ2v) is 5.02. The Morgan fingerprint density at radius 1 is 1.42 bits per heavy atom. The van der Waals surface area contributed by atoms with Crippen molar-refractivity contribution in [3.05, 3.63) is 28.7 Å². The topological polar surface area (TPSA) is 73.1 Å². The van der Waals surface area contributed by atoms with Gasteiger partial charge in [0.25, 0.3) is 0 Å². The summed E-state index contributed by atoms with van der Waals surface area (Å²) in [5.41, 5.74) is 6.38. The summed E-state index contributed by atoms with van der Waals surface area (Å²) < 4.78 is 5.49. The fourth-order valence-electron chi connectivity index (χ4n) is 1.54. The molecule has 0 fully saturated rings. The van der Waals surface area contributed by atoms with E-state index < -0.39 is 0 Å². The van der Waals surface area contributed by atoms with Crippen molar-refractivity contribution in [3.8, 4) is 5.88 Å². The molecule has 6 heteroatoms. The molecule has 0 aliphatic carbocycles. The second kappa shape index (κ2) is 6.94. The number of thiazole rings is 1. The van der Waals surface area contributed by atoms with Gasteiger partial charge in [0.15, 0.2) is 0 Å². The molecule has 19 heavy (non-hydrogen) atoms.